The van der Waals surface area contributed by atoms with Gasteiger partial charge >= 0.3 is 12.1 Å². The van der Waals surface area contributed by atoms with Gasteiger partial charge in [-0.15, -0.1) is 0 Å². The molecule has 1 aromatic heterocycles. The Kier molecular flexibility index (Phi) is 5.83. The molecule has 174 valence electrons. The van der Waals surface area contributed by atoms with Crippen molar-refractivity contribution in [2.45, 2.75) is 18.2 Å². The average Bonchev–Trinajstić information content (AvgIpc) is 3.07. The number of ether oxygens (including phenoxy) is 1. The number of carbonyl (C=O) groups excluding carboxylic acids is 2. The monoisotopic (exact) mass is 488 g/mol. The molecule has 1 aliphatic heterocycles. The molecule has 1 aliphatic rings. The quantitative estimate of drug-likeness (QED) is 0.437. The summed E-state index contributed by atoms with van der Waals surface area (Å²) in [6, 6.07) is 10.2. The van der Waals surface area contributed by atoms with E-state index in [1.807, 2.05) is 0 Å². The van der Waals surface area contributed by atoms with E-state index in [1.165, 1.54) is 13.4 Å². The number of nitrogen functional groups attached to an aromatic ring is 1. The third kappa shape index (κ3) is 4.34. The SMILES string of the molecule is CN1CC[C@](C#Cc2cccc(-c3cc(Cl)c4ncnc(N)c4c3)c2)(OC(=O)C(F)(F)F)C1=O. The number of hydrogen-bond donors (Lipinski definition) is 1. The van der Waals surface area contributed by atoms with Gasteiger partial charge in [-0.1, -0.05) is 29.7 Å². The van der Waals surface area contributed by atoms with Crippen molar-refractivity contribution in [2.24, 2.45) is 0 Å². The second-order valence-corrected chi connectivity index (χ2v) is 8.04. The van der Waals surface area contributed by atoms with Crippen molar-refractivity contribution < 1.29 is 27.5 Å². The van der Waals surface area contributed by atoms with Gasteiger partial charge in [0.1, 0.15) is 12.1 Å². The van der Waals surface area contributed by atoms with E-state index in [0.29, 0.717) is 32.6 Å². The van der Waals surface area contributed by atoms with E-state index >= 15 is 0 Å². The summed E-state index contributed by atoms with van der Waals surface area (Å²) in [6.45, 7) is 0.0950. The molecule has 34 heavy (non-hydrogen) atoms. The maximum absolute atomic E-state index is 12.8. The molecule has 0 bridgehead atoms. The Bertz CT molecular complexity index is 1380. The number of alkyl halides is 3. The molecule has 0 radical (unpaired) electrons. The number of fused-ring (bicyclic) bond motifs is 1. The Hall–Kier alpha value is -3.84. The molecule has 1 amide bonds. The van der Waals surface area contributed by atoms with Gasteiger partial charge in [0.15, 0.2) is 0 Å². The fourth-order valence-electron chi connectivity index (χ4n) is 3.55. The molecule has 0 aliphatic carbocycles. The van der Waals surface area contributed by atoms with E-state index in [2.05, 4.69) is 26.5 Å². The number of likely N-dealkylation sites (tertiary alicyclic amines) is 1. The number of aromatic nitrogens is 2. The van der Waals surface area contributed by atoms with Crippen LogP contribution in [0.25, 0.3) is 22.0 Å². The minimum Gasteiger partial charge on any atom is -0.429 e. The van der Waals surface area contributed by atoms with Gasteiger partial charge < -0.3 is 15.4 Å². The van der Waals surface area contributed by atoms with Crippen LogP contribution in [-0.4, -0.2) is 52.1 Å². The maximum Gasteiger partial charge on any atom is 0.490 e. The molecule has 0 spiro atoms. The fraction of sp³-hybridized carbons (Fsp3) is 0.217. The number of benzene rings is 2. The zero-order chi connectivity index (χ0) is 24.7. The zero-order valence-corrected chi connectivity index (χ0v) is 18.4. The number of anilines is 1. The lowest BCUT2D eigenvalue weighted by Crippen LogP contribution is -2.45. The Balaban J connectivity index is 1.72. The summed E-state index contributed by atoms with van der Waals surface area (Å²) in [5, 5.41) is 0.912. The van der Waals surface area contributed by atoms with Crippen molar-refractivity contribution in [1.29, 1.82) is 0 Å². The van der Waals surface area contributed by atoms with Crippen molar-refractivity contribution in [1.82, 2.24) is 14.9 Å². The van der Waals surface area contributed by atoms with Crippen LogP contribution in [0.3, 0.4) is 0 Å². The molecule has 1 atom stereocenters. The Morgan fingerprint density at radius 3 is 2.68 bits per heavy atom. The van der Waals surface area contributed by atoms with Gasteiger partial charge in [-0.25, -0.2) is 14.8 Å². The Labute approximate surface area is 196 Å². The van der Waals surface area contributed by atoms with Crippen LogP contribution in [0.4, 0.5) is 19.0 Å². The summed E-state index contributed by atoms with van der Waals surface area (Å²) >= 11 is 6.35. The van der Waals surface area contributed by atoms with Gasteiger partial charge in [0.25, 0.3) is 11.5 Å². The van der Waals surface area contributed by atoms with Gasteiger partial charge in [0.2, 0.25) is 0 Å². The third-order valence-electron chi connectivity index (χ3n) is 5.32. The van der Waals surface area contributed by atoms with Gasteiger partial charge in [-0.05, 0) is 41.3 Å². The fourth-order valence-corrected chi connectivity index (χ4v) is 3.82. The molecular formula is C23H16ClF3N4O3. The minimum absolute atomic E-state index is 0.0950. The summed E-state index contributed by atoms with van der Waals surface area (Å²) in [6.07, 6.45) is -4.13. The highest BCUT2D eigenvalue weighted by Gasteiger charge is 2.53. The van der Waals surface area contributed by atoms with Crippen LogP contribution >= 0.6 is 11.6 Å². The highest BCUT2D eigenvalue weighted by atomic mass is 35.5. The van der Waals surface area contributed by atoms with E-state index in [9.17, 15) is 22.8 Å². The van der Waals surface area contributed by atoms with E-state index < -0.39 is 23.7 Å². The molecule has 2 N–H and O–H groups in total. The van der Waals surface area contributed by atoms with Crippen LogP contribution in [0, 0.1) is 11.8 Å². The van der Waals surface area contributed by atoms with Crippen LogP contribution in [0.2, 0.25) is 5.02 Å². The van der Waals surface area contributed by atoms with Crippen LogP contribution in [-0.2, 0) is 14.3 Å². The summed E-state index contributed by atoms with van der Waals surface area (Å²) in [7, 11) is 1.40. The maximum atomic E-state index is 12.8. The molecule has 1 saturated heterocycles. The summed E-state index contributed by atoms with van der Waals surface area (Å²) < 4.78 is 43.0. The standard InChI is InChI=1S/C23H16ClF3N4O3/c1-31-8-7-22(20(31)32,34-21(33)23(25,26)27)6-5-13-3-2-4-14(9-13)15-10-16-18(17(24)11-15)29-12-30-19(16)28/h2-4,9-12H,7-8H2,1H3,(H2,28,29,30)/t22-/m0/s1. The first-order valence-electron chi connectivity index (χ1n) is 9.89. The van der Waals surface area contributed by atoms with E-state index in [0.717, 1.165) is 4.90 Å². The molecule has 0 saturated carbocycles. The molecule has 11 heteroatoms. The van der Waals surface area contributed by atoms with E-state index in [-0.39, 0.29) is 18.8 Å². The second-order valence-electron chi connectivity index (χ2n) is 7.63. The number of likely N-dealkylation sites (N-methyl/N-ethyl adjacent to an activating group) is 1. The van der Waals surface area contributed by atoms with E-state index in [4.69, 9.17) is 17.3 Å². The average molecular weight is 489 g/mol. The van der Waals surface area contributed by atoms with Crippen molar-refractivity contribution in [3.05, 3.63) is 53.3 Å². The molecule has 0 unspecified atom stereocenters. The highest BCUT2D eigenvalue weighted by molar-refractivity contribution is 6.35. The van der Waals surface area contributed by atoms with Crippen LogP contribution in [0.15, 0.2) is 42.7 Å². The van der Waals surface area contributed by atoms with Crippen LogP contribution < -0.4 is 5.73 Å². The van der Waals surface area contributed by atoms with Gasteiger partial charge in [-0.3, -0.25) is 4.79 Å². The molecule has 1 fully saturated rings. The van der Waals surface area contributed by atoms with E-state index in [1.54, 1.807) is 36.4 Å². The van der Waals surface area contributed by atoms with Crippen molar-refractivity contribution in [3.8, 4) is 23.0 Å². The lowest BCUT2D eigenvalue weighted by Gasteiger charge is -2.22. The molecule has 2 heterocycles. The lowest BCUT2D eigenvalue weighted by atomic mass is 9.99. The zero-order valence-electron chi connectivity index (χ0n) is 17.6. The number of carbonyl (C=O) groups is 2. The molecule has 4 rings (SSSR count). The Morgan fingerprint density at radius 1 is 1.24 bits per heavy atom. The molecule has 3 aromatic rings. The number of esters is 1. The second kappa shape index (κ2) is 8.50. The van der Waals surface area contributed by atoms with Gasteiger partial charge in [-0.2, -0.15) is 13.2 Å². The highest BCUT2D eigenvalue weighted by Crippen LogP contribution is 2.32. The first kappa shape index (κ1) is 23.3. The topological polar surface area (TPSA) is 98.4 Å². The predicted molar refractivity (Wildman–Crippen MR) is 118 cm³/mol. The number of amides is 1. The first-order valence-corrected chi connectivity index (χ1v) is 10.3. The van der Waals surface area contributed by atoms with Crippen LogP contribution in [0.5, 0.6) is 0 Å². The number of halogens is 4. The number of rotatable bonds is 2. The lowest BCUT2D eigenvalue weighted by molar-refractivity contribution is -0.209. The molecule has 2 aromatic carbocycles. The molecular weight excluding hydrogens is 473 g/mol. The van der Waals surface area contributed by atoms with Crippen molar-refractivity contribution >= 4 is 40.2 Å². The van der Waals surface area contributed by atoms with Crippen molar-refractivity contribution in [2.75, 3.05) is 19.3 Å². The first-order chi connectivity index (χ1) is 16.0. The van der Waals surface area contributed by atoms with Gasteiger partial charge in [0.05, 0.1) is 10.5 Å². The third-order valence-corrected chi connectivity index (χ3v) is 5.61. The summed E-state index contributed by atoms with van der Waals surface area (Å²) in [4.78, 5) is 33.3. The van der Waals surface area contributed by atoms with Crippen molar-refractivity contribution in [3.63, 3.8) is 0 Å². The number of hydrogen-bond acceptors (Lipinski definition) is 6. The van der Waals surface area contributed by atoms with Crippen LogP contribution in [0.1, 0.15) is 12.0 Å². The molecule has 7 nitrogen and oxygen atoms in total. The van der Waals surface area contributed by atoms with Gasteiger partial charge in [0, 0.05) is 31.0 Å². The number of nitrogens with two attached hydrogens (primary N) is 1. The smallest absolute Gasteiger partial charge is 0.429 e. The number of nitrogens with zero attached hydrogens (tertiary/aromatic N) is 3. The normalized spacial score (nSPS) is 18.0. The summed E-state index contributed by atoms with van der Waals surface area (Å²) in [5.74, 6) is 2.13. The summed E-state index contributed by atoms with van der Waals surface area (Å²) in [5.41, 5.74) is 5.96. The largest absolute Gasteiger partial charge is 0.490 e. The predicted octanol–water partition coefficient (Wildman–Crippen LogP) is 3.59. The minimum atomic E-state index is -5.25. The Morgan fingerprint density at radius 2 is 2.00 bits per heavy atom.